The van der Waals surface area contributed by atoms with Crippen molar-refractivity contribution in [3.05, 3.63) is 48.3 Å². The predicted octanol–water partition coefficient (Wildman–Crippen LogP) is 2.49. The Bertz CT molecular complexity index is 418. The lowest BCUT2D eigenvalue weighted by Gasteiger charge is -2.07. The van der Waals surface area contributed by atoms with Crippen LogP contribution in [0.15, 0.2) is 42.6 Å². The number of phenols is 1. The van der Waals surface area contributed by atoms with E-state index >= 15 is 0 Å². The van der Waals surface area contributed by atoms with E-state index in [1.54, 1.807) is 6.07 Å². The Labute approximate surface area is 77.1 Å². The number of rotatable bonds is 1. The lowest BCUT2D eigenvalue weighted by molar-refractivity contribution is 0.472. The Kier molecular flexibility index (Phi) is 1.81. The molecule has 2 rings (SSSR count). The molecule has 0 amide bonds. The molecule has 2 heteroatoms. The Morgan fingerprint density at radius 3 is 2.46 bits per heavy atom. The van der Waals surface area contributed by atoms with Crippen LogP contribution >= 0.6 is 0 Å². The van der Waals surface area contributed by atoms with E-state index in [1.807, 2.05) is 48.0 Å². The van der Waals surface area contributed by atoms with Crippen molar-refractivity contribution in [1.82, 2.24) is 4.57 Å². The average Bonchev–Trinajstić information content (AvgIpc) is 2.52. The van der Waals surface area contributed by atoms with Crippen molar-refractivity contribution in [3.8, 4) is 11.4 Å². The zero-order valence-corrected chi connectivity index (χ0v) is 7.44. The van der Waals surface area contributed by atoms with Crippen LogP contribution < -0.4 is 0 Å². The average molecular weight is 173 g/mol. The molecule has 0 fully saturated rings. The van der Waals surface area contributed by atoms with Crippen molar-refractivity contribution in [3.63, 3.8) is 0 Å². The topological polar surface area (TPSA) is 25.2 Å². The molecule has 0 unspecified atom stereocenters. The summed E-state index contributed by atoms with van der Waals surface area (Å²) in [5, 5.41) is 9.59. The summed E-state index contributed by atoms with van der Waals surface area (Å²) in [6.45, 7) is 2.01. The number of para-hydroxylation sites is 2. The van der Waals surface area contributed by atoms with E-state index in [9.17, 15) is 5.11 Å². The molecule has 1 aromatic carbocycles. The molecule has 0 bridgehead atoms. The van der Waals surface area contributed by atoms with Crippen molar-refractivity contribution < 1.29 is 5.11 Å². The lowest BCUT2D eigenvalue weighted by atomic mass is 10.3. The van der Waals surface area contributed by atoms with Crippen LogP contribution in [0, 0.1) is 6.92 Å². The monoisotopic (exact) mass is 173 g/mol. The first kappa shape index (κ1) is 7.92. The smallest absolute Gasteiger partial charge is 0.139 e. The van der Waals surface area contributed by atoms with Crippen LogP contribution in [0.2, 0.25) is 0 Å². The number of phenolic OH excluding ortho intramolecular Hbond substituents is 1. The molecule has 0 saturated heterocycles. The fourth-order valence-electron chi connectivity index (χ4n) is 1.40. The number of aromatic nitrogens is 1. The van der Waals surface area contributed by atoms with Crippen molar-refractivity contribution in [2.45, 2.75) is 6.92 Å². The van der Waals surface area contributed by atoms with Gasteiger partial charge in [0.15, 0.2) is 0 Å². The van der Waals surface area contributed by atoms with Gasteiger partial charge in [-0.25, -0.2) is 0 Å². The van der Waals surface area contributed by atoms with Gasteiger partial charge < -0.3 is 9.67 Å². The van der Waals surface area contributed by atoms with Gasteiger partial charge in [0.1, 0.15) is 5.75 Å². The molecule has 0 radical (unpaired) electrons. The van der Waals surface area contributed by atoms with Crippen LogP contribution in [0.4, 0.5) is 0 Å². The summed E-state index contributed by atoms with van der Waals surface area (Å²) in [6, 6.07) is 11.3. The number of aryl methyl sites for hydroxylation is 1. The molecule has 0 aliphatic heterocycles. The van der Waals surface area contributed by atoms with Crippen molar-refractivity contribution in [2.75, 3.05) is 0 Å². The second kappa shape index (κ2) is 2.98. The van der Waals surface area contributed by atoms with Crippen LogP contribution in [-0.2, 0) is 0 Å². The summed E-state index contributed by atoms with van der Waals surface area (Å²) in [7, 11) is 0. The molecular weight excluding hydrogens is 162 g/mol. The molecule has 0 aliphatic carbocycles. The lowest BCUT2D eigenvalue weighted by Crippen LogP contribution is -1.93. The van der Waals surface area contributed by atoms with E-state index in [0.29, 0.717) is 5.75 Å². The predicted molar refractivity (Wildman–Crippen MR) is 52.2 cm³/mol. The first-order chi connectivity index (χ1) is 6.29. The molecule has 1 N–H and O–H groups in total. The van der Waals surface area contributed by atoms with E-state index < -0.39 is 0 Å². The third-order valence-electron chi connectivity index (χ3n) is 2.09. The number of benzene rings is 1. The molecule has 2 nitrogen and oxygen atoms in total. The van der Waals surface area contributed by atoms with Crippen molar-refractivity contribution in [2.24, 2.45) is 0 Å². The van der Waals surface area contributed by atoms with E-state index in [-0.39, 0.29) is 0 Å². The quantitative estimate of drug-likeness (QED) is 0.704. The van der Waals surface area contributed by atoms with Gasteiger partial charge in [-0.1, -0.05) is 12.1 Å². The molecule has 0 atom stereocenters. The van der Waals surface area contributed by atoms with Gasteiger partial charge in [0, 0.05) is 11.9 Å². The minimum Gasteiger partial charge on any atom is -0.506 e. The van der Waals surface area contributed by atoms with Crippen LogP contribution in [-0.4, -0.2) is 9.67 Å². The summed E-state index contributed by atoms with van der Waals surface area (Å²) in [5.74, 6) is 0.307. The first-order valence-electron chi connectivity index (χ1n) is 4.21. The van der Waals surface area contributed by atoms with Crippen LogP contribution in [0.25, 0.3) is 5.69 Å². The van der Waals surface area contributed by atoms with Crippen molar-refractivity contribution >= 4 is 0 Å². The number of hydrogen-bond acceptors (Lipinski definition) is 1. The number of hydrogen-bond donors (Lipinski definition) is 1. The van der Waals surface area contributed by atoms with Gasteiger partial charge in [0.05, 0.1) is 5.69 Å². The molecular formula is C11H11NO. The molecule has 13 heavy (non-hydrogen) atoms. The second-order valence-electron chi connectivity index (χ2n) is 3.01. The zero-order chi connectivity index (χ0) is 9.26. The molecule has 1 heterocycles. The van der Waals surface area contributed by atoms with Crippen LogP contribution in [0.1, 0.15) is 5.69 Å². The van der Waals surface area contributed by atoms with E-state index in [1.165, 1.54) is 0 Å². The highest BCUT2D eigenvalue weighted by Gasteiger charge is 2.02. The molecule has 0 spiro atoms. The molecule has 2 aromatic rings. The minimum atomic E-state index is 0.307. The van der Waals surface area contributed by atoms with Gasteiger partial charge in [-0.05, 0) is 31.2 Å². The SMILES string of the molecule is Cc1cccn1-c1ccccc1O. The first-order valence-corrected chi connectivity index (χ1v) is 4.21. The Balaban J connectivity index is 2.59. The summed E-state index contributed by atoms with van der Waals surface area (Å²) >= 11 is 0. The van der Waals surface area contributed by atoms with E-state index in [2.05, 4.69) is 0 Å². The highest BCUT2D eigenvalue weighted by Crippen LogP contribution is 2.21. The minimum absolute atomic E-state index is 0.307. The normalized spacial score (nSPS) is 10.2. The summed E-state index contributed by atoms with van der Waals surface area (Å²) in [4.78, 5) is 0. The van der Waals surface area contributed by atoms with Gasteiger partial charge in [-0.2, -0.15) is 0 Å². The third kappa shape index (κ3) is 1.31. The summed E-state index contributed by atoms with van der Waals surface area (Å²) in [5.41, 5.74) is 1.94. The number of nitrogens with zero attached hydrogens (tertiary/aromatic N) is 1. The number of aromatic hydroxyl groups is 1. The Morgan fingerprint density at radius 1 is 1.08 bits per heavy atom. The highest BCUT2D eigenvalue weighted by atomic mass is 16.3. The Morgan fingerprint density at radius 2 is 1.85 bits per heavy atom. The van der Waals surface area contributed by atoms with Crippen LogP contribution in [0.3, 0.4) is 0 Å². The van der Waals surface area contributed by atoms with Gasteiger partial charge in [0.25, 0.3) is 0 Å². The standard InChI is InChI=1S/C11H11NO/c1-9-5-4-8-12(9)10-6-2-3-7-11(10)13/h2-8,13H,1H3. The van der Waals surface area contributed by atoms with Crippen LogP contribution in [0.5, 0.6) is 5.75 Å². The maximum Gasteiger partial charge on any atom is 0.139 e. The van der Waals surface area contributed by atoms with Gasteiger partial charge in [-0.3, -0.25) is 0 Å². The fourth-order valence-corrected chi connectivity index (χ4v) is 1.40. The Hall–Kier alpha value is -1.70. The zero-order valence-electron chi connectivity index (χ0n) is 7.44. The van der Waals surface area contributed by atoms with Gasteiger partial charge in [0.2, 0.25) is 0 Å². The third-order valence-corrected chi connectivity index (χ3v) is 2.09. The van der Waals surface area contributed by atoms with E-state index in [0.717, 1.165) is 11.4 Å². The molecule has 0 aliphatic rings. The maximum absolute atomic E-state index is 9.59. The van der Waals surface area contributed by atoms with Gasteiger partial charge in [-0.15, -0.1) is 0 Å². The second-order valence-corrected chi connectivity index (χ2v) is 3.01. The largest absolute Gasteiger partial charge is 0.506 e. The summed E-state index contributed by atoms with van der Waals surface area (Å²) < 4.78 is 1.95. The highest BCUT2D eigenvalue weighted by molar-refractivity contribution is 5.46. The fraction of sp³-hybridized carbons (Fsp3) is 0.0909. The van der Waals surface area contributed by atoms with Crippen molar-refractivity contribution in [1.29, 1.82) is 0 Å². The summed E-state index contributed by atoms with van der Waals surface area (Å²) in [6.07, 6.45) is 1.93. The molecule has 66 valence electrons. The maximum atomic E-state index is 9.59. The van der Waals surface area contributed by atoms with Gasteiger partial charge >= 0.3 is 0 Å². The molecule has 1 aromatic heterocycles. The van der Waals surface area contributed by atoms with E-state index in [4.69, 9.17) is 0 Å². The molecule has 0 saturated carbocycles.